The minimum absolute atomic E-state index is 0.151. The van der Waals surface area contributed by atoms with Gasteiger partial charge in [0.2, 0.25) is 11.8 Å². The molecule has 6 atom stereocenters. The molecule has 0 spiro atoms. The molecule has 0 aromatic heterocycles. The third-order valence-corrected chi connectivity index (χ3v) is 6.38. The predicted octanol–water partition coefficient (Wildman–Crippen LogP) is 2.77. The lowest BCUT2D eigenvalue weighted by molar-refractivity contribution is -0.146. The van der Waals surface area contributed by atoms with Crippen LogP contribution in [-0.4, -0.2) is 46.8 Å². The van der Waals surface area contributed by atoms with E-state index >= 15 is 0 Å². The Morgan fingerprint density at radius 3 is 1.32 bits per heavy atom. The summed E-state index contributed by atoms with van der Waals surface area (Å²) in [4.78, 5) is 29.5. The van der Waals surface area contributed by atoms with Gasteiger partial charge in [0, 0.05) is 37.0 Å². The van der Waals surface area contributed by atoms with Gasteiger partial charge in [0.1, 0.15) is 0 Å². The summed E-state index contributed by atoms with van der Waals surface area (Å²) in [5, 5.41) is 0. The summed E-state index contributed by atoms with van der Waals surface area (Å²) in [6.45, 7) is 14.2. The van der Waals surface area contributed by atoms with Crippen molar-refractivity contribution < 1.29 is 9.59 Å². The zero-order valence-corrected chi connectivity index (χ0v) is 15.0. The minimum atomic E-state index is -0.233. The van der Waals surface area contributed by atoms with Crippen LogP contribution in [0.2, 0.25) is 0 Å². The molecule has 0 saturated carbocycles. The molecule has 0 aromatic carbocycles. The zero-order valence-electron chi connectivity index (χ0n) is 15.0. The van der Waals surface area contributed by atoms with Gasteiger partial charge in [0.25, 0.3) is 0 Å². The van der Waals surface area contributed by atoms with Crippen molar-refractivity contribution in [3.63, 3.8) is 0 Å². The highest BCUT2D eigenvalue weighted by Crippen LogP contribution is 2.30. The summed E-state index contributed by atoms with van der Waals surface area (Å²) in [6.07, 6.45) is 2.14. The molecule has 0 aliphatic carbocycles. The van der Waals surface area contributed by atoms with Gasteiger partial charge in [0.05, 0.1) is 0 Å². The monoisotopic (exact) mass is 308 g/mol. The molecular formula is C18H32N2O2. The Labute approximate surface area is 135 Å². The number of hydrogen-bond acceptors (Lipinski definition) is 2. The Morgan fingerprint density at radius 2 is 1.09 bits per heavy atom. The second-order valence-corrected chi connectivity index (χ2v) is 7.65. The Bertz CT molecular complexity index is 397. The summed E-state index contributed by atoms with van der Waals surface area (Å²) >= 11 is 0. The molecule has 2 aliphatic rings. The largest absolute Gasteiger partial charge is 0.339 e. The Kier molecular flexibility index (Phi) is 5.18. The van der Waals surface area contributed by atoms with Crippen LogP contribution < -0.4 is 0 Å². The first-order valence-corrected chi connectivity index (χ1v) is 8.86. The average Bonchev–Trinajstić information content (AvgIpc) is 3.00. The Hall–Kier alpha value is -1.06. The molecule has 2 saturated heterocycles. The van der Waals surface area contributed by atoms with E-state index < -0.39 is 0 Å². The maximum Gasteiger partial charge on any atom is 0.226 e. The Morgan fingerprint density at radius 1 is 0.773 bits per heavy atom. The van der Waals surface area contributed by atoms with Gasteiger partial charge in [-0.15, -0.1) is 0 Å². The third-order valence-electron chi connectivity index (χ3n) is 6.38. The lowest BCUT2D eigenvalue weighted by Gasteiger charge is -2.32. The van der Waals surface area contributed by atoms with Crippen LogP contribution in [0.3, 0.4) is 0 Å². The molecule has 2 amide bonds. The van der Waals surface area contributed by atoms with Crippen LogP contribution in [0.15, 0.2) is 0 Å². The third kappa shape index (κ3) is 3.02. The number of carbonyl (C=O) groups is 2. The number of nitrogens with zero attached hydrogens (tertiary/aromatic N) is 2. The number of rotatable bonds is 3. The number of amides is 2. The van der Waals surface area contributed by atoms with Crippen molar-refractivity contribution in [2.45, 2.75) is 66.5 Å². The lowest BCUT2D eigenvalue weighted by Crippen LogP contribution is -2.46. The van der Waals surface area contributed by atoms with E-state index in [-0.39, 0.29) is 23.7 Å². The summed E-state index contributed by atoms with van der Waals surface area (Å²) in [5.74, 6) is 0.949. The van der Waals surface area contributed by atoms with Crippen LogP contribution in [0.5, 0.6) is 0 Å². The lowest BCUT2D eigenvalue weighted by atomic mass is 9.92. The molecule has 0 bridgehead atoms. The highest BCUT2D eigenvalue weighted by atomic mass is 16.2. The first-order chi connectivity index (χ1) is 10.3. The van der Waals surface area contributed by atoms with Gasteiger partial charge in [-0.3, -0.25) is 9.59 Å². The van der Waals surface area contributed by atoms with Crippen molar-refractivity contribution in [1.29, 1.82) is 0 Å². The van der Waals surface area contributed by atoms with Crippen molar-refractivity contribution in [3.05, 3.63) is 0 Å². The molecule has 2 aliphatic heterocycles. The SMILES string of the molecule is C[C@@H]1CCN(C(=O)[C@H](C)[C@H](C)C(=O)N2CC[C@H](C)[C@H]2C)[C@H]1C. The van der Waals surface area contributed by atoms with Crippen LogP contribution in [0.25, 0.3) is 0 Å². The highest BCUT2D eigenvalue weighted by molar-refractivity contribution is 5.87. The first-order valence-electron chi connectivity index (χ1n) is 8.86. The molecular weight excluding hydrogens is 276 g/mol. The summed E-state index contributed by atoms with van der Waals surface area (Å²) in [7, 11) is 0. The minimum Gasteiger partial charge on any atom is -0.339 e. The van der Waals surface area contributed by atoms with Crippen LogP contribution in [0.4, 0.5) is 0 Å². The van der Waals surface area contributed by atoms with Gasteiger partial charge in [-0.1, -0.05) is 27.7 Å². The number of carbonyl (C=O) groups excluding carboxylic acids is 2. The molecule has 2 fully saturated rings. The average molecular weight is 308 g/mol. The van der Waals surface area contributed by atoms with Crippen LogP contribution in [0.1, 0.15) is 54.4 Å². The van der Waals surface area contributed by atoms with Gasteiger partial charge in [0.15, 0.2) is 0 Å². The summed E-state index contributed by atoms with van der Waals surface area (Å²) < 4.78 is 0. The van der Waals surface area contributed by atoms with Gasteiger partial charge in [-0.2, -0.15) is 0 Å². The van der Waals surface area contributed by atoms with Gasteiger partial charge >= 0.3 is 0 Å². The molecule has 0 N–H and O–H groups in total. The quantitative estimate of drug-likeness (QED) is 0.804. The van der Waals surface area contributed by atoms with Gasteiger partial charge in [-0.05, 0) is 38.5 Å². The summed E-state index contributed by atoms with van der Waals surface area (Å²) in [6, 6.07) is 0.589. The second-order valence-electron chi connectivity index (χ2n) is 7.65. The summed E-state index contributed by atoms with van der Waals surface area (Å²) in [5.41, 5.74) is 0. The molecule has 4 heteroatoms. The fourth-order valence-corrected chi connectivity index (χ4v) is 3.76. The predicted molar refractivity (Wildman–Crippen MR) is 88.2 cm³/mol. The zero-order chi connectivity index (χ0) is 16.6. The van der Waals surface area contributed by atoms with E-state index in [2.05, 4.69) is 27.7 Å². The topological polar surface area (TPSA) is 40.6 Å². The maximum atomic E-state index is 12.8. The Balaban J connectivity index is 2.01. The molecule has 0 unspecified atom stereocenters. The van der Waals surface area contributed by atoms with E-state index in [1.807, 2.05) is 23.6 Å². The van der Waals surface area contributed by atoms with E-state index in [1.165, 1.54) is 0 Å². The molecule has 2 rings (SSSR count). The highest BCUT2D eigenvalue weighted by Gasteiger charge is 2.39. The van der Waals surface area contributed by atoms with Crippen LogP contribution >= 0.6 is 0 Å². The molecule has 126 valence electrons. The molecule has 0 aromatic rings. The van der Waals surface area contributed by atoms with Crippen molar-refractivity contribution in [3.8, 4) is 0 Å². The van der Waals surface area contributed by atoms with E-state index in [4.69, 9.17) is 0 Å². The molecule has 4 nitrogen and oxygen atoms in total. The second kappa shape index (κ2) is 6.59. The van der Waals surface area contributed by atoms with E-state index in [1.54, 1.807) is 0 Å². The number of likely N-dealkylation sites (tertiary alicyclic amines) is 2. The van der Waals surface area contributed by atoms with Crippen molar-refractivity contribution in [2.75, 3.05) is 13.1 Å². The fourth-order valence-electron chi connectivity index (χ4n) is 3.76. The molecule has 0 radical (unpaired) electrons. The van der Waals surface area contributed by atoms with Crippen molar-refractivity contribution >= 4 is 11.8 Å². The van der Waals surface area contributed by atoms with E-state index in [9.17, 15) is 9.59 Å². The smallest absolute Gasteiger partial charge is 0.226 e. The fraction of sp³-hybridized carbons (Fsp3) is 0.889. The van der Waals surface area contributed by atoms with Gasteiger partial charge < -0.3 is 9.80 Å². The van der Waals surface area contributed by atoms with Crippen molar-refractivity contribution in [1.82, 2.24) is 9.80 Å². The molecule has 2 heterocycles. The standard InChI is InChI=1S/C18H32N2O2/c1-11-7-9-19(15(11)5)17(21)13(3)14(4)18(22)20-10-8-12(2)16(20)6/h11-16H,7-10H2,1-6H3/t11-,12+,13-,14+,15+,16-. The normalized spacial score (nSPS) is 34.8. The van der Waals surface area contributed by atoms with Crippen LogP contribution in [-0.2, 0) is 9.59 Å². The molecule has 22 heavy (non-hydrogen) atoms. The number of hydrogen-bond donors (Lipinski definition) is 0. The van der Waals surface area contributed by atoms with Crippen molar-refractivity contribution in [2.24, 2.45) is 23.7 Å². The maximum absolute atomic E-state index is 12.8. The van der Waals surface area contributed by atoms with Gasteiger partial charge in [-0.25, -0.2) is 0 Å². The van der Waals surface area contributed by atoms with Crippen LogP contribution in [0, 0.1) is 23.7 Å². The van der Waals surface area contributed by atoms with E-state index in [0.29, 0.717) is 23.9 Å². The first kappa shape index (κ1) is 17.3. The van der Waals surface area contributed by atoms with E-state index in [0.717, 1.165) is 25.9 Å².